The molecule has 6 fully saturated rings. The van der Waals surface area contributed by atoms with Crippen molar-refractivity contribution in [3.8, 4) is 0 Å². The van der Waals surface area contributed by atoms with Crippen molar-refractivity contribution in [3.63, 3.8) is 0 Å². The summed E-state index contributed by atoms with van der Waals surface area (Å²) in [7, 11) is 1.97. The van der Waals surface area contributed by atoms with E-state index < -0.39 is 0 Å². The molecule has 6 aliphatic carbocycles. The van der Waals surface area contributed by atoms with E-state index in [4.69, 9.17) is 9.47 Å². The molecule has 0 aromatic carbocycles. The minimum atomic E-state index is 0.293. The Morgan fingerprint density at radius 1 is 0.517 bits per heavy atom. The molecule has 0 N–H and O–H groups in total. The number of nitrogens with zero attached hydrogens (tertiary/aromatic N) is 1. The van der Waals surface area contributed by atoms with Crippen molar-refractivity contribution in [1.82, 2.24) is 4.90 Å². The number of hydrogen-bond donors (Lipinski definition) is 0. The summed E-state index contributed by atoms with van der Waals surface area (Å²) in [5.41, 5.74) is 0. The molecular formula is C55H95NO2. The van der Waals surface area contributed by atoms with Gasteiger partial charge in [0.05, 0.1) is 12.2 Å². The van der Waals surface area contributed by atoms with Crippen LogP contribution in [0, 0.1) is 59.2 Å². The Hall–Kier alpha value is -0.900. The Morgan fingerprint density at radius 2 is 1.02 bits per heavy atom. The first-order valence-electron chi connectivity index (χ1n) is 26.2. The van der Waals surface area contributed by atoms with Crippen LogP contribution in [-0.4, -0.2) is 49.0 Å². The Labute approximate surface area is 360 Å². The molecule has 3 heteroatoms. The van der Waals surface area contributed by atoms with Gasteiger partial charge in [0, 0.05) is 43.7 Å². The Kier molecular flexibility index (Phi) is 19.8. The third-order valence-electron chi connectivity index (χ3n) is 17.0. The lowest BCUT2D eigenvalue weighted by atomic mass is 9.74. The molecule has 332 valence electrons. The van der Waals surface area contributed by atoms with Gasteiger partial charge in [-0.2, -0.15) is 0 Å². The predicted molar refractivity (Wildman–Crippen MR) is 249 cm³/mol. The zero-order valence-electron chi connectivity index (χ0n) is 39.2. The van der Waals surface area contributed by atoms with Gasteiger partial charge in [0.1, 0.15) is 0 Å². The second-order valence-corrected chi connectivity index (χ2v) is 22.2. The summed E-state index contributed by atoms with van der Waals surface area (Å²) < 4.78 is 13.2. The number of rotatable bonds is 18. The van der Waals surface area contributed by atoms with Crippen LogP contribution in [0.2, 0.25) is 0 Å². The third kappa shape index (κ3) is 14.6. The average molecular weight is 802 g/mol. The van der Waals surface area contributed by atoms with Crippen molar-refractivity contribution in [1.29, 1.82) is 0 Å². The fourth-order valence-corrected chi connectivity index (χ4v) is 13.2. The molecule has 0 aromatic heterocycles. The molecule has 8 unspecified atom stereocenters. The van der Waals surface area contributed by atoms with E-state index in [0.717, 1.165) is 84.9 Å². The van der Waals surface area contributed by atoms with E-state index in [1.807, 2.05) is 7.11 Å². The van der Waals surface area contributed by atoms with Crippen LogP contribution in [0.25, 0.3) is 0 Å². The van der Waals surface area contributed by atoms with Gasteiger partial charge in [-0.25, -0.2) is 0 Å². The molecule has 0 amide bonds. The van der Waals surface area contributed by atoms with Gasteiger partial charge in [0.15, 0.2) is 0 Å². The number of ether oxygens (including phenoxy) is 2. The van der Waals surface area contributed by atoms with Crippen LogP contribution in [0.3, 0.4) is 0 Å². The first kappa shape index (κ1) is 46.6. The van der Waals surface area contributed by atoms with Crippen molar-refractivity contribution in [2.45, 2.75) is 238 Å². The van der Waals surface area contributed by atoms with E-state index in [1.165, 1.54) is 161 Å². The van der Waals surface area contributed by atoms with Crippen molar-refractivity contribution >= 4 is 0 Å². The molecule has 0 bridgehead atoms. The molecule has 0 heterocycles. The Bertz CT molecular complexity index is 1190. The van der Waals surface area contributed by atoms with E-state index in [2.05, 4.69) is 76.0 Å². The highest BCUT2D eigenvalue weighted by Gasteiger charge is 2.41. The first-order valence-corrected chi connectivity index (χ1v) is 26.2. The highest BCUT2D eigenvalue weighted by molar-refractivity contribution is 5.07. The van der Waals surface area contributed by atoms with Crippen molar-refractivity contribution in [3.05, 3.63) is 36.5 Å². The van der Waals surface area contributed by atoms with Crippen LogP contribution < -0.4 is 0 Å². The Balaban J connectivity index is 1.04. The summed E-state index contributed by atoms with van der Waals surface area (Å²) in [6, 6.07) is 2.40. The normalized spacial score (nSPS) is 37.1. The molecule has 58 heavy (non-hydrogen) atoms. The molecular weight excluding hydrogens is 707 g/mol. The molecule has 0 aliphatic heterocycles. The standard InChI is InChI=1S/C55H95NO2/c1-41(2)14-13-15-42(3)36-37-58-55-40-49(54(57-6)39-50(55)30-23-46-18-11-8-12-19-46)29-24-48-27-33-52(34-28-48)56(53-35-20-43(4)38-44(53)5)51-31-25-47(26-32-51)22-21-45-16-9-7-10-17-45/h21-24,29-30,41-55H,7-20,25-28,31-40H2,1-6H3. The van der Waals surface area contributed by atoms with Crippen LogP contribution in [-0.2, 0) is 9.47 Å². The van der Waals surface area contributed by atoms with E-state index >= 15 is 0 Å². The fourth-order valence-electron chi connectivity index (χ4n) is 13.2. The predicted octanol–water partition coefficient (Wildman–Crippen LogP) is 15.3. The van der Waals surface area contributed by atoms with E-state index in [9.17, 15) is 0 Å². The highest BCUT2D eigenvalue weighted by Crippen LogP contribution is 2.43. The van der Waals surface area contributed by atoms with Crippen molar-refractivity contribution in [2.24, 2.45) is 59.2 Å². The molecule has 0 spiro atoms. The first-order chi connectivity index (χ1) is 28.2. The van der Waals surface area contributed by atoms with Crippen molar-refractivity contribution in [2.75, 3.05) is 13.7 Å². The second kappa shape index (κ2) is 24.7. The van der Waals surface area contributed by atoms with Gasteiger partial charge in [-0.1, -0.05) is 129 Å². The maximum Gasteiger partial charge on any atom is 0.0645 e. The highest BCUT2D eigenvalue weighted by atomic mass is 16.5. The topological polar surface area (TPSA) is 21.7 Å². The van der Waals surface area contributed by atoms with Gasteiger partial charge in [0.2, 0.25) is 0 Å². The summed E-state index contributed by atoms with van der Waals surface area (Å²) in [4.78, 5) is 3.20. The van der Waals surface area contributed by atoms with Crippen LogP contribution in [0.4, 0.5) is 0 Å². The SMILES string of the molecule is COC1CC(C=CC2CCCCC2)C(OCCC(C)CCCC(C)C)CC1C=CC1CCC(N(C2CCC(C=CC3CCCCC3)CC2)C2CCC(C)CC2C)CC1. The largest absolute Gasteiger partial charge is 0.381 e. The van der Waals surface area contributed by atoms with Crippen LogP contribution in [0.15, 0.2) is 36.5 Å². The zero-order valence-corrected chi connectivity index (χ0v) is 39.2. The molecule has 6 rings (SSSR count). The quantitative estimate of drug-likeness (QED) is 0.129. The van der Waals surface area contributed by atoms with Gasteiger partial charge >= 0.3 is 0 Å². The number of allylic oxidation sites excluding steroid dienone is 4. The number of methoxy groups -OCH3 is 1. The number of hydrogen-bond acceptors (Lipinski definition) is 3. The minimum absolute atomic E-state index is 0.293. The van der Waals surface area contributed by atoms with Gasteiger partial charge < -0.3 is 9.47 Å². The maximum atomic E-state index is 6.92. The van der Waals surface area contributed by atoms with E-state index in [-0.39, 0.29) is 0 Å². The Morgan fingerprint density at radius 3 is 1.53 bits per heavy atom. The average Bonchev–Trinajstić information content (AvgIpc) is 3.24. The minimum Gasteiger partial charge on any atom is -0.381 e. The molecule has 0 radical (unpaired) electrons. The molecule has 0 saturated heterocycles. The lowest BCUT2D eigenvalue weighted by Gasteiger charge is -2.51. The maximum absolute atomic E-state index is 6.92. The fraction of sp³-hybridized carbons (Fsp3) is 0.891. The summed E-state index contributed by atoms with van der Waals surface area (Å²) in [6.45, 7) is 13.2. The van der Waals surface area contributed by atoms with Gasteiger partial charge in [-0.15, -0.1) is 0 Å². The molecule has 6 saturated carbocycles. The van der Waals surface area contributed by atoms with Crippen LogP contribution in [0.5, 0.6) is 0 Å². The molecule has 0 aromatic rings. The lowest BCUT2D eigenvalue weighted by molar-refractivity contribution is -0.0615. The van der Waals surface area contributed by atoms with Gasteiger partial charge in [-0.05, 0) is 163 Å². The lowest BCUT2D eigenvalue weighted by Crippen LogP contribution is -2.55. The van der Waals surface area contributed by atoms with Gasteiger partial charge in [0.25, 0.3) is 0 Å². The zero-order chi connectivity index (χ0) is 40.7. The van der Waals surface area contributed by atoms with Crippen LogP contribution in [0.1, 0.15) is 208 Å². The molecule has 8 atom stereocenters. The second-order valence-electron chi connectivity index (χ2n) is 22.2. The van der Waals surface area contributed by atoms with Crippen LogP contribution >= 0.6 is 0 Å². The van der Waals surface area contributed by atoms with Crippen molar-refractivity contribution < 1.29 is 9.47 Å². The summed E-state index contributed by atoms with van der Waals surface area (Å²) in [5.74, 6) is 7.43. The van der Waals surface area contributed by atoms with E-state index in [0.29, 0.717) is 24.0 Å². The monoisotopic (exact) mass is 802 g/mol. The summed E-state index contributed by atoms with van der Waals surface area (Å²) >= 11 is 0. The molecule has 6 aliphatic rings. The molecule has 3 nitrogen and oxygen atoms in total. The summed E-state index contributed by atoms with van der Waals surface area (Å²) in [5, 5.41) is 0. The summed E-state index contributed by atoms with van der Waals surface area (Å²) in [6.07, 6.45) is 53.6. The third-order valence-corrected chi connectivity index (χ3v) is 17.0. The van der Waals surface area contributed by atoms with Gasteiger partial charge in [-0.3, -0.25) is 4.90 Å². The van der Waals surface area contributed by atoms with E-state index in [1.54, 1.807) is 0 Å². The smallest absolute Gasteiger partial charge is 0.0645 e.